The average Bonchev–Trinajstić information content (AvgIpc) is 2.67. The molecule has 0 radical (unpaired) electrons. The molecule has 2 rings (SSSR count). The summed E-state index contributed by atoms with van der Waals surface area (Å²) in [5.74, 6) is -1.22. The molecule has 1 fully saturated rings. The highest BCUT2D eigenvalue weighted by atomic mass is 35.5. The van der Waals surface area contributed by atoms with Gasteiger partial charge in [-0.2, -0.15) is 0 Å². The highest BCUT2D eigenvalue weighted by Gasteiger charge is 2.34. The Labute approximate surface area is 99.7 Å². The molecule has 1 aromatic carbocycles. The summed E-state index contributed by atoms with van der Waals surface area (Å²) in [5, 5.41) is 21.7. The fraction of sp³-hybridized carbons (Fsp3) is 0.364. The number of phenols is 1. The van der Waals surface area contributed by atoms with E-state index in [1.807, 2.05) is 6.07 Å². The number of hydrogen-bond donors (Lipinski definition) is 3. The lowest BCUT2D eigenvalue weighted by Gasteiger charge is -2.15. The van der Waals surface area contributed by atoms with E-state index in [0.717, 1.165) is 5.56 Å². The Morgan fingerprint density at radius 3 is 2.62 bits per heavy atom. The molecular weight excluding hydrogens is 230 g/mol. The first-order chi connectivity index (χ1) is 7.20. The maximum Gasteiger partial charge on any atom is 0.308 e. The maximum atomic E-state index is 11.0. The molecule has 0 bridgehead atoms. The van der Waals surface area contributed by atoms with E-state index >= 15 is 0 Å². The number of carboxylic acids is 1. The largest absolute Gasteiger partial charge is 0.508 e. The number of aliphatic carboxylic acids is 1. The highest BCUT2D eigenvalue weighted by Crippen LogP contribution is 2.33. The van der Waals surface area contributed by atoms with Crippen LogP contribution in [0.5, 0.6) is 5.75 Å². The number of carboxylic acid groups (broad SMARTS) is 1. The molecule has 2 atom stereocenters. The van der Waals surface area contributed by atoms with Crippen molar-refractivity contribution in [1.82, 2.24) is 5.32 Å². The molecule has 0 aliphatic carbocycles. The SMILES string of the molecule is Cl.O=C(O)[C@@H]1CNC[C@H]1c1ccccc1O. The van der Waals surface area contributed by atoms with Crippen LogP contribution in [0.2, 0.25) is 0 Å². The maximum absolute atomic E-state index is 11.0. The van der Waals surface area contributed by atoms with E-state index in [-0.39, 0.29) is 24.1 Å². The minimum Gasteiger partial charge on any atom is -0.508 e. The Kier molecular flexibility index (Phi) is 4.15. The van der Waals surface area contributed by atoms with Crippen LogP contribution in [0.4, 0.5) is 0 Å². The van der Waals surface area contributed by atoms with E-state index in [4.69, 9.17) is 5.11 Å². The van der Waals surface area contributed by atoms with Gasteiger partial charge in [0.2, 0.25) is 0 Å². The Bertz CT molecular complexity index is 383. The van der Waals surface area contributed by atoms with Crippen molar-refractivity contribution in [3.63, 3.8) is 0 Å². The number of phenolic OH excluding ortho intramolecular Hbond substituents is 1. The lowest BCUT2D eigenvalue weighted by Crippen LogP contribution is -2.21. The van der Waals surface area contributed by atoms with Gasteiger partial charge >= 0.3 is 5.97 Å². The summed E-state index contributed by atoms with van der Waals surface area (Å²) in [6, 6.07) is 6.92. The zero-order valence-corrected chi connectivity index (χ0v) is 9.41. The monoisotopic (exact) mass is 243 g/mol. The Morgan fingerprint density at radius 2 is 2.00 bits per heavy atom. The lowest BCUT2D eigenvalue weighted by molar-refractivity contribution is -0.141. The van der Waals surface area contributed by atoms with Gasteiger partial charge in [0.1, 0.15) is 5.75 Å². The predicted octanol–water partition coefficient (Wildman–Crippen LogP) is 1.20. The fourth-order valence-electron chi connectivity index (χ4n) is 2.07. The van der Waals surface area contributed by atoms with Gasteiger partial charge in [0.25, 0.3) is 0 Å². The van der Waals surface area contributed by atoms with Crippen molar-refractivity contribution in [2.45, 2.75) is 5.92 Å². The molecule has 16 heavy (non-hydrogen) atoms. The summed E-state index contributed by atoms with van der Waals surface area (Å²) in [7, 11) is 0. The van der Waals surface area contributed by atoms with Crippen LogP contribution in [0.1, 0.15) is 11.5 Å². The molecule has 0 spiro atoms. The number of halogens is 1. The van der Waals surface area contributed by atoms with Crippen LogP contribution in [0.25, 0.3) is 0 Å². The number of benzene rings is 1. The number of carbonyl (C=O) groups is 1. The van der Waals surface area contributed by atoms with Crippen molar-refractivity contribution in [1.29, 1.82) is 0 Å². The molecule has 4 nitrogen and oxygen atoms in total. The standard InChI is InChI=1S/C11H13NO3.ClH/c13-10-4-2-1-3-7(10)8-5-12-6-9(8)11(14)15;/h1-4,8-9,12-13H,5-6H2,(H,14,15);1H/t8-,9+;/m0./s1. The molecule has 1 aliphatic rings. The second-order valence-electron chi connectivity index (χ2n) is 3.77. The van der Waals surface area contributed by atoms with Crippen molar-refractivity contribution in [3.05, 3.63) is 29.8 Å². The molecule has 0 amide bonds. The first-order valence-corrected chi connectivity index (χ1v) is 4.91. The van der Waals surface area contributed by atoms with Gasteiger partial charge in [-0.15, -0.1) is 12.4 Å². The first kappa shape index (κ1) is 12.8. The van der Waals surface area contributed by atoms with Gasteiger partial charge in [-0.1, -0.05) is 18.2 Å². The van der Waals surface area contributed by atoms with Gasteiger partial charge in [0.05, 0.1) is 5.92 Å². The van der Waals surface area contributed by atoms with Crippen LogP contribution in [-0.2, 0) is 4.79 Å². The normalized spacial score (nSPS) is 23.8. The molecule has 1 saturated heterocycles. The molecule has 0 unspecified atom stereocenters. The van der Waals surface area contributed by atoms with Crippen LogP contribution < -0.4 is 5.32 Å². The molecule has 0 saturated carbocycles. The smallest absolute Gasteiger partial charge is 0.308 e. The summed E-state index contributed by atoms with van der Waals surface area (Å²) in [5.41, 5.74) is 0.718. The van der Waals surface area contributed by atoms with Gasteiger partial charge in [-0.25, -0.2) is 0 Å². The summed E-state index contributed by atoms with van der Waals surface area (Å²) in [4.78, 5) is 11.0. The third-order valence-corrected chi connectivity index (χ3v) is 2.87. The number of aromatic hydroxyl groups is 1. The Morgan fingerprint density at radius 1 is 1.31 bits per heavy atom. The van der Waals surface area contributed by atoms with E-state index in [9.17, 15) is 9.90 Å². The number of nitrogens with one attached hydrogen (secondary N) is 1. The third-order valence-electron chi connectivity index (χ3n) is 2.87. The number of hydrogen-bond acceptors (Lipinski definition) is 3. The molecule has 88 valence electrons. The first-order valence-electron chi connectivity index (χ1n) is 4.91. The molecule has 1 aliphatic heterocycles. The minimum atomic E-state index is -0.812. The second-order valence-corrected chi connectivity index (χ2v) is 3.77. The van der Waals surface area contributed by atoms with Crippen LogP contribution in [0.15, 0.2) is 24.3 Å². The van der Waals surface area contributed by atoms with E-state index in [1.54, 1.807) is 18.2 Å². The topological polar surface area (TPSA) is 69.6 Å². The number of para-hydroxylation sites is 1. The summed E-state index contributed by atoms with van der Waals surface area (Å²) in [6.07, 6.45) is 0. The van der Waals surface area contributed by atoms with E-state index in [0.29, 0.717) is 13.1 Å². The lowest BCUT2D eigenvalue weighted by atomic mass is 9.88. The average molecular weight is 244 g/mol. The number of rotatable bonds is 2. The Balaban J connectivity index is 0.00000128. The van der Waals surface area contributed by atoms with Crippen molar-refractivity contribution in [2.24, 2.45) is 5.92 Å². The van der Waals surface area contributed by atoms with Gasteiger partial charge in [0, 0.05) is 19.0 Å². The summed E-state index contributed by atoms with van der Waals surface area (Å²) >= 11 is 0. The van der Waals surface area contributed by atoms with Crippen LogP contribution in [0, 0.1) is 5.92 Å². The quantitative estimate of drug-likeness (QED) is 0.730. The van der Waals surface area contributed by atoms with Gasteiger partial charge in [-0.05, 0) is 11.6 Å². The third kappa shape index (κ3) is 2.28. The van der Waals surface area contributed by atoms with E-state index in [1.165, 1.54) is 0 Å². The zero-order valence-electron chi connectivity index (χ0n) is 8.59. The van der Waals surface area contributed by atoms with Gasteiger partial charge < -0.3 is 15.5 Å². The molecule has 1 heterocycles. The molecule has 3 N–H and O–H groups in total. The summed E-state index contributed by atoms with van der Waals surface area (Å²) in [6.45, 7) is 1.07. The zero-order chi connectivity index (χ0) is 10.8. The van der Waals surface area contributed by atoms with Crippen LogP contribution >= 0.6 is 12.4 Å². The van der Waals surface area contributed by atoms with E-state index < -0.39 is 11.9 Å². The van der Waals surface area contributed by atoms with Crippen molar-refractivity contribution >= 4 is 18.4 Å². The second kappa shape index (κ2) is 5.18. The highest BCUT2D eigenvalue weighted by molar-refractivity contribution is 5.85. The van der Waals surface area contributed by atoms with Crippen LogP contribution in [0.3, 0.4) is 0 Å². The fourth-order valence-corrected chi connectivity index (χ4v) is 2.07. The Hall–Kier alpha value is -1.26. The van der Waals surface area contributed by atoms with Crippen molar-refractivity contribution < 1.29 is 15.0 Å². The molecule has 1 aromatic rings. The van der Waals surface area contributed by atoms with Crippen molar-refractivity contribution in [3.8, 4) is 5.75 Å². The van der Waals surface area contributed by atoms with Crippen molar-refractivity contribution in [2.75, 3.05) is 13.1 Å². The van der Waals surface area contributed by atoms with Gasteiger partial charge in [0.15, 0.2) is 0 Å². The predicted molar refractivity (Wildman–Crippen MR) is 62.1 cm³/mol. The molecule has 0 aromatic heterocycles. The minimum absolute atomic E-state index is 0. The van der Waals surface area contributed by atoms with Gasteiger partial charge in [-0.3, -0.25) is 4.79 Å². The molecule has 5 heteroatoms. The van der Waals surface area contributed by atoms with Crippen LogP contribution in [-0.4, -0.2) is 29.3 Å². The summed E-state index contributed by atoms with van der Waals surface area (Å²) < 4.78 is 0. The molecular formula is C11H14ClNO3. The van der Waals surface area contributed by atoms with E-state index in [2.05, 4.69) is 5.32 Å².